The lowest BCUT2D eigenvalue weighted by Gasteiger charge is -2.12. The summed E-state index contributed by atoms with van der Waals surface area (Å²) < 4.78 is 5.53. The maximum atomic E-state index is 6.15. The number of aromatic nitrogens is 1. The Bertz CT molecular complexity index is 477. The summed E-state index contributed by atoms with van der Waals surface area (Å²) in [4.78, 5) is 8.49. The van der Waals surface area contributed by atoms with Crippen LogP contribution >= 0.6 is 11.6 Å². The summed E-state index contributed by atoms with van der Waals surface area (Å²) in [5.74, 6) is 1.32. The molecule has 1 atom stereocenters. The van der Waals surface area contributed by atoms with Crippen LogP contribution in [0.1, 0.15) is 39.7 Å². The molecule has 1 rings (SSSR count). The van der Waals surface area contributed by atoms with Crippen LogP contribution in [-0.2, 0) is 6.54 Å². The number of hydrogen-bond donors (Lipinski definition) is 2. The number of nitrogens with zero attached hydrogens (tertiary/aromatic N) is 2. The van der Waals surface area contributed by atoms with Gasteiger partial charge < -0.3 is 15.8 Å². The molecule has 1 aromatic rings. The summed E-state index contributed by atoms with van der Waals surface area (Å²) in [6.07, 6.45) is 2.70. The first kappa shape index (κ1) is 17.6. The highest BCUT2D eigenvalue weighted by Gasteiger charge is 2.06. The molecule has 1 heterocycles. The van der Waals surface area contributed by atoms with E-state index in [4.69, 9.17) is 22.1 Å². The second kappa shape index (κ2) is 8.72. The van der Waals surface area contributed by atoms with Crippen molar-refractivity contribution in [2.45, 2.75) is 46.7 Å². The first-order valence-corrected chi connectivity index (χ1v) is 7.63. The number of nitrogens with one attached hydrogen (secondary N) is 1. The van der Waals surface area contributed by atoms with Crippen molar-refractivity contribution >= 4 is 17.6 Å². The first-order valence-electron chi connectivity index (χ1n) is 7.26. The molecule has 0 fully saturated rings. The summed E-state index contributed by atoms with van der Waals surface area (Å²) in [6, 6.07) is 2.12. The average Bonchev–Trinajstić information content (AvgIpc) is 2.43. The van der Waals surface area contributed by atoms with Gasteiger partial charge in [-0.25, -0.2) is 9.98 Å². The second-order valence-corrected chi connectivity index (χ2v) is 5.90. The fraction of sp³-hybridized carbons (Fsp3) is 0.600. The first-order chi connectivity index (χ1) is 9.92. The molecule has 0 spiro atoms. The fourth-order valence-corrected chi connectivity index (χ4v) is 1.72. The summed E-state index contributed by atoms with van der Waals surface area (Å²) in [5.41, 5.74) is 6.70. The standard InChI is InChI=1S/C15H25ClN4O/c1-5-11(4)20-15(17)19-8-12-6-13(16)14(18-7-12)21-9-10(2)3/h6-7,10-11H,5,8-9H2,1-4H3,(H3,17,19,20). The van der Waals surface area contributed by atoms with Gasteiger partial charge in [0.2, 0.25) is 5.88 Å². The van der Waals surface area contributed by atoms with Crippen molar-refractivity contribution in [1.29, 1.82) is 0 Å². The van der Waals surface area contributed by atoms with E-state index >= 15 is 0 Å². The quantitative estimate of drug-likeness (QED) is 0.599. The van der Waals surface area contributed by atoms with E-state index in [2.05, 4.69) is 43.0 Å². The van der Waals surface area contributed by atoms with Crippen LogP contribution in [0.2, 0.25) is 5.02 Å². The lowest BCUT2D eigenvalue weighted by atomic mass is 10.2. The molecule has 0 aromatic carbocycles. The molecule has 21 heavy (non-hydrogen) atoms. The van der Waals surface area contributed by atoms with Gasteiger partial charge in [-0.1, -0.05) is 32.4 Å². The Balaban J connectivity index is 2.61. The molecule has 0 radical (unpaired) electrons. The van der Waals surface area contributed by atoms with Crippen LogP contribution in [0.25, 0.3) is 0 Å². The molecular weight excluding hydrogens is 288 g/mol. The zero-order valence-electron chi connectivity index (χ0n) is 13.2. The normalized spacial score (nSPS) is 13.3. The largest absolute Gasteiger partial charge is 0.476 e. The van der Waals surface area contributed by atoms with Crippen molar-refractivity contribution < 1.29 is 4.74 Å². The smallest absolute Gasteiger partial charge is 0.232 e. The Hall–Kier alpha value is -1.49. The second-order valence-electron chi connectivity index (χ2n) is 5.49. The highest BCUT2D eigenvalue weighted by atomic mass is 35.5. The molecule has 0 amide bonds. The van der Waals surface area contributed by atoms with Crippen LogP contribution in [0.15, 0.2) is 17.3 Å². The van der Waals surface area contributed by atoms with Gasteiger partial charge in [0, 0.05) is 12.2 Å². The third-order valence-corrected chi connectivity index (χ3v) is 3.13. The minimum absolute atomic E-state index is 0.308. The van der Waals surface area contributed by atoms with Crippen LogP contribution in [0, 0.1) is 5.92 Å². The molecule has 0 saturated carbocycles. The number of hydrogen-bond acceptors (Lipinski definition) is 3. The molecule has 0 aliphatic carbocycles. The molecule has 0 bridgehead atoms. The number of ether oxygens (including phenoxy) is 1. The van der Waals surface area contributed by atoms with Gasteiger partial charge in [-0.15, -0.1) is 0 Å². The molecule has 0 aliphatic heterocycles. The lowest BCUT2D eigenvalue weighted by Crippen LogP contribution is -2.38. The fourth-order valence-electron chi connectivity index (χ4n) is 1.48. The van der Waals surface area contributed by atoms with Gasteiger partial charge >= 0.3 is 0 Å². The number of guanidine groups is 1. The monoisotopic (exact) mass is 312 g/mol. The highest BCUT2D eigenvalue weighted by Crippen LogP contribution is 2.23. The summed E-state index contributed by atoms with van der Waals surface area (Å²) >= 11 is 6.15. The van der Waals surface area contributed by atoms with Crippen LogP contribution in [-0.4, -0.2) is 23.6 Å². The molecule has 0 aliphatic rings. The number of pyridine rings is 1. The molecular formula is C15H25ClN4O. The molecule has 1 aromatic heterocycles. The van der Waals surface area contributed by atoms with Gasteiger partial charge in [-0.3, -0.25) is 0 Å². The van der Waals surface area contributed by atoms with E-state index in [1.807, 2.05) is 6.07 Å². The summed E-state index contributed by atoms with van der Waals surface area (Å²) in [6.45, 7) is 9.32. The van der Waals surface area contributed by atoms with Gasteiger partial charge in [-0.05, 0) is 30.9 Å². The predicted molar refractivity (Wildman–Crippen MR) is 87.8 cm³/mol. The van der Waals surface area contributed by atoms with E-state index in [9.17, 15) is 0 Å². The molecule has 118 valence electrons. The topological polar surface area (TPSA) is 72.5 Å². The van der Waals surface area contributed by atoms with E-state index in [1.165, 1.54) is 0 Å². The van der Waals surface area contributed by atoms with E-state index in [0.717, 1.165) is 12.0 Å². The van der Waals surface area contributed by atoms with Crippen molar-refractivity contribution in [2.75, 3.05) is 6.61 Å². The van der Waals surface area contributed by atoms with Crippen molar-refractivity contribution in [3.8, 4) is 5.88 Å². The Kier molecular flexibility index (Phi) is 7.29. The minimum Gasteiger partial charge on any atom is -0.476 e. The summed E-state index contributed by atoms with van der Waals surface area (Å²) in [7, 11) is 0. The molecule has 1 unspecified atom stereocenters. The maximum absolute atomic E-state index is 6.15. The SMILES string of the molecule is CCC(C)NC(N)=NCc1cnc(OCC(C)C)c(Cl)c1. The predicted octanol–water partition coefficient (Wildman–Crippen LogP) is 2.97. The molecule has 6 heteroatoms. The Morgan fingerprint density at radius 1 is 1.48 bits per heavy atom. The average molecular weight is 313 g/mol. The van der Waals surface area contributed by atoms with Gasteiger partial charge in [0.1, 0.15) is 5.02 Å². The van der Waals surface area contributed by atoms with E-state index in [-0.39, 0.29) is 0 Å². The lowest BCUT2D eigenvalue weighted by molar-refractivity contribution is 0.261. The van der Waals surface area contributed by atoms with Gasteiger partial charge in [0.15, 0.2) is 5.96 Å². The van der Waals surface area contributed by atoms with Gasteiger partial charge in [0.25, 0.3) is 0 Å². The van der Waals surface area contributed by atoms with Crippen LogP contribution in [0.3, 0.4) is 0 Å². The van der Waals surface area contributed by atoms with Crippen molar-refractivity contribution in [3.05, 3.63) is 22.8 Å². The third-order valence-electron chi connectivity index (χ3n) is 2.86. The summed E-state index contributed by atoms with van der Waals surface area (Å²) in [5, 5.41) is 3.61. The number of halogens is 1. The van der Waals surface area contributed by atoms with Crippen molar-refractivity contribution in [3.63, 3.8) is 0 Å². The number of nitrogens with two attached hydrogens (primary N) is 1. The van der Waals surface area contributed by atoms with E-state index in [0.29, 0.717) is 42.0 Å². The number of aliphatic imine (C=N–C) groups is 1. The Morgan fingerprint density at radius 3 is 2.76 bits per heavy atom. The van der Waals surface area contributed by atoms with Gasteiger partial charge in [-0.2, -0.15) is 0 Å². The minimum atomic E-state index is 0.308. The van der Waals surface area contributed by atoms with E-state index in [1.54, 1.807) is 6.20 Å². The van der Waals surface area contributed by atoms with Crippen molar-refractivity contribution in [2.24, 2.45) is 16.6 Å². The highest BCUT2D eigenvalue weighted by molar-refractivity contribution is 6.31. The molecule has 3 N–H and O–H groups in total. The maximum Gasteiger partial charge on any atom is 0.232 e. The molecule has 5 nitrogen and oxygen atoms in total. The zero-order chi connectivity index (χ0) is 15.8. The van der Waals surface area contributed by atoms with Crippen LogP contribution in [0.4, 0.5) is 0 Å². The molecule has 0 saturated heterocycles. The number of rotatable bonds is 7. The third kappa shape index (κ3) is 6.67. The Morgan fingerprint density at radius 2 is 2.19 bits per heavy atom. The zero-order valence-corrected chi connectivity index (χ0v) is 13.9. The van der Waals surface area contributed by atoms with Crippen LogP contribution in [0.5, 0.6) is 5.88 Å². The van der Waals surface area contributed by atoms with E-state index < -0.39 is 0 Å². The van der Waals surface area contributed by atoms with Gasteiger partial charge in [0.05, 0.1) is 13.2 Å². The van der Waals surface area contributed by atoms with Crippen molar-refractivity contribution in [1.82, 2.24) is 10.3 Å². The Labute approximate surface area is 132 Å². The van der Waals surface area contributed by atoms with Crippen LogP contribution < -0.4 is 15.8 Å².